The van der Waals surface area contributed by atoms with Gasteiger partial charge in [0.25, 0.3) is 0 Å². The lowest BCUT2D eigenvalue weighted by atomic mass is 9.83. The van der Waals surface area contributed by atoms with Crippen LogP contribution in [0.3, 0.4) is 0 Å². The van der Waals surface area contributed by atoms with Crippen LogP contribution < -0.4 is 5.73 Å². The second-order valence-electron chi connectivity index (χ2n) is 6.30. The number of nitrogens with zero attached hydrogens (tertiary/aromatic N) is 1. The zero-order chi connectivity index (χ0) is 14.5. The van der Waals surface area contributed by atoms with Crippen molar-refractivity contribution in [3.05, 3.63) is 34.9 Å². The Bertz CT molecular complexity index is 425. The number of piperidine rings is 1. The van der Waals surface area contributed by atoms with E-state index >= 15 is 0 Å². The van der Waals surface area contributed by atoms with Crippen molar-refractivity contribution in [1.29, 1.82) is 0 Å². The zero-order valence-electron chi connectivity index (χ0n) is 13.4. The molecule has 1 aromatic carbocycles. The summed E-state index contributed by atoms with van der Waals surface area (Å²) in [7, 11) is 0. The summed E-state index contributed by atoms with van der Waals surface area (Å²) in [6.45, 7) is 9.90. The van der Waals surface area contributed by atoms with Crippen molar-refractivity contribution in [3.63, 3.8) is 0 Å². The summed E-state index contributed by atoms with van der Waals surface area (Å²) in [6.07, 6.45) is 5.24. The number of benzene rings is 1. The van der Waals surface area contributed by atoms with E-state index in [-0.39, 0.29) is 0 Å². The van der Waals surface area contributed by atoms with Crippen molar-refractivity contribution in [2.45, 2.75) is 58.4 Å². The molecular weight excluding hydrogens is 244 g/mol. The van der Waals surface area contributed by atoms with Gasteiger partial charge >= 0.3 is 0 Å². The highest BCUT2D eigenvalue weighted by molar-refractivity contribution is 5.34. The highest BCUT2D eigenvalue weighted by atomic mass is 15.2. The van der Waals surface area contributed by atoms with Crippen LogP contribution in [0, 0.1) is 13.8 Å². The van der Waals surface area contributed by atoms with Crippen molar-refractivity contribution >= 4 is 0 Å². The number of likely N-dealkylation sites (tertiary alicyclic amines) is 1. The Balaban J connectivity index is 2.25. The fourth-order valence-electron chi connectivity index (χ4n) is 3.77. The maximum absolute atomic E-state index is 6.17. The van der Waals surface area contributed by atoms with Crippen LogP contribution in [0.1, 0.15) is 55.2 Å². The third-order valence-corrected chi connectivity index (χ3v) is 4.72. The smallest absolute Gasteiger partial charge is 0.0176 e. The molecule has 2 atom stereocenters. The normalized spacial score (nSPS) is 21.9. The van der Waals surface area contributed by atoms with Gasteiger partial charge in [0.2, 0.25) is 0 Å². The van der Waals surface area contributed by atoms with Gasteiger partial charge in [-0.05, 0) is 57.3 Å². The predicted molar refractivity (Wildman–Crippen MR) is 87.2 cm³/mol. The Morgan fingerprint density at radius 2 is 2.10 bits per heavy atom. The van der Waals surface area contributed by atoms with E-state index in [1.165, 1.54) is 55.5 Å². The summed E-state index contributed by atoms with van der Waals surface area (Å²) >= 11 is 0. The third kappa shape index (κ3) is 3.42. The van der Waals surface area contributed by atoms with Gasteiger partial charge in [-0.2, -0.15) is 0 Å². The molecule has 1 aromatic rings. The molecule has 2 unspecified atom stereocenters. The first kappa shape index (κ1) is 15.5. The molecular formula is C18H30N2. The second-order valence-corrected chi connectivity index (χ2v) is 6.30. The van der Waals surface area contributed by atoms with E-state index in [1.807, 2.05) is 0 Å². The molecule has 0 bridgehead atoms. The van der Waals surface area contributed by atoms with Crippen LogP contribution in [0.4, 0.5) is 0 Å². The Labute approximate surface area is 124 Å². The van der Waals surface area contributed by atoms with Crippen molar-refractivity contribution in [2.75, 3.05) is 19.6 Å². The minimum atomic E-state index is 0.488. The minimum absolute atomic E-state index is 0.488. The van der Waals surface area contributed by atoms with E-state index in [0.717, 1.165) is 6.54 Å². The van der Waals surface area contributed by atoms with Crippen LogP contribution in [-0.2, 0) is 0 Å². The SMILES string of the molecule is CCCN1CCCCC1C(CN)c1ccc(C)cc1C. The van der Waals surface area contributed by atoms with Crippen LogP contribution in [0.25, 0.3) is 0 Å². The molecule has 0 aliphatic carbocycles. The van der Waals surface area contributed by atoms with Gasteiger partial charge in [-0.15, -0.1) is 0 Å². The molecule has 2 heteroatoms. The molecule has 2 rings (SSSR count). The topological polar surface area (TPSA) is 29.3 Å². The monoisotopic (exact) mass is 274 g/mol. The Hall–Kier alpha value is -0.860. The fraction of sp³-hybridized carbons (Fsp3) is 0.667. The van der Waals surface area contributed by atoms with Gasteiger partial charge < -0.3 is 5.73 Å². The molecule has 0 amide bonds. The molecule has 112 valence electrons. The van der Waals surface area contributed by atoms with Crippen molar-refractivity contribution in [3.8, 4) is 0 Å². The van der Waals surface area contributed by atoms with Crippen LogP contribution >= 0.6 is 0 Å². The van der Waals surface area contributed by atoms with Gasteiger partial charge in [0.1, 0.15) is 0 Å². The molecule has 2 nitrogen and oxygen atoms in total. The van der Waals surface area contributed by atoms with Gasteiger partial charge in [-0.3, -0.25) is 4.90 Å². The van der Waals surface area contributed by atoms with Gasteiger partial charge in [-0.25, -0.2) is 0 Å². The highest BCUT2D eigenvalue weighted by Crippen LogP contribution is 2.32. The first-order valence-electron chi connectivity index (χ1n) is 8.18. The van der Waals surface area contributed by atoms with E-state index in [9.17, 15) is 0 Å². The van der Waals surface area contributed by atoms with E-state index < -0.39 is 0 Å². The molecule has 1 saturated heterocycles. The lowest BCUT2D eigenvalue weighted by Crippen LogP contribution is -2.45. The van der Waals surface area contributed by atoms with Crippen molar-refractivity contribution in [2.24, 2.45) is 5.73 Å². The summed E-state index contributed by atoms with van der Waals surface area (Å²) in [6, 6.07) is 7.47. The average molecular weight is 274 g/mol. The molecule has 1 fully saturated rings. The Kier molecular flexibility index (Phi) is 5.62. The number of hydrogen-bond donors (Lipinski definition) is 1. The quantitative estimate of drug-likeness (QED) is 0.888. The van der Waals surface area contributed by atoms with Gasteiger partial charge in [0, 0.05) is 18.5 Å². The summed E-state index contributed by atoms with van der Waals surface area (Å²) < 4.78 is 0. The average Bonchev–Trinajstić information content (AvgIpc) is 2.44. The summed E-state index contributed by atoms with van der Waals surface area (Å²) in [5.74, 6) is 0.488. The van der Waals surface area contributed by atoms with Gasteiger partial charge in [0.15, 0.2) is 0 Å². The number of rotatable bonds is 5. The van der Waals surface area contributed by atoms with Crippen LogP contribution in [-0.4, -0.2) is 30.6 Å². The Morgan fingerprint density at radius 1 is 1.30 bits per heavy atom. The molecule has 0 radical (unpaired) electrons. The number of nitrogens with two attached hydrogens (primary N) is 1. The standard InChI is InChI=1S/C18H30N2/c1-4-10-20-11-6-5-7-18(20)17(13-19)16-9-8-14(2)12-15(16)3/h8-9,12,17-18H,4-7,10-11,13,19H2,1-3H3. The molecule has 0 aromatic heterocycles. The largest absolute Gasteiger partial charge is 0.330 e. The molecule has 0 spiro atoms. The molecule has 1 aliphatic heterocycles. The predicted octanol–water partition coefficient (Wildman–Crippen LogP) is 3.61. The summed E-state index contributed by atoms with van der Waals surface area (Å²) in [5.41, 5.74) is 10.4. The molecule has 20 heavy (non-hydrogen) atoms. The van der Waals surface area contributed by atoms with E-state index in [1.54, 1.807) is 0 Å². The lowest BCUT2D eigenvalue weighted by Gasteiger charge is -2.40. The maximum Gasteiger partial charge on any atom is 0.0176 e. The summed E-state index contributed by atoms with van der Waals surface area (Å²) in [4.78, 5) is 2.68. The Morgan fingerprint density at radius 3 is 2.75 bits per heavy atom. The highest BCUT2D eigenvalue weighted by Gasteiger charge is 2.30. The third-order valence-electron chi connectivity index (χ3n) is 4.72. The number of hydrogen-bond acceptors (Lipinski definition) is 2. The minimum Gasteiger partial charge on any atom is -0.330 e. The van der Waals surface area contributed by atoms with Crippen molar-refractivity contribution in [1.82, 2.24) is 4.90 Å². The molecule has 1 heterocycles. The zero-order valence-corrected chi connectivity index (χ0v) is 13.4. The molecule has 0 saturated carbocycles. The van der Waals surface area contributed by atoms with E-state index in [0.29, 0.717) is 12.0 Å². The van der Waals surface area contributed by atoms with E-state index in [4.69, 9.17) is 5.73 Å². The van der Waals surface area contributed by atoms with Crippen LogP contribution in [0.5, 0.6) is 0 Å². The second kappa shape index (κ2) is 7.24. The maximum atomic E-state index is 6.17. The van der Waals surface area contributed by atoms with E-state index in [2.05, 4.69) is 43.9 Å². The molecule has 2 N–H and O–H groups in total. The van der Waals surface area contributed by atoms with Crippen LogP contribution in [0.2, 0.25) is 0 Å². The van der Waals surface area contributed by atoms with Crippen LogP contribution in [0.15, 0.2) is 18.2 Å². The summed E-state index contributed by atoms with van der Waals surface area (Å²) in [5, 5.41) is 0. The molecule has 1 aliphatic rings. The first-order valence-corrected chi connectivity index (χ1v) is 8.18. The van der Waals surface area contributed by atoms with Gasteiger partial charge in [0.05, 0.1) is 0 Å². The lowest BCUT2D eigenvalue weighted by molar-refractivity contribution is 0.126. The fourth-order valence-corrected chi connectivity index (χ4v) is 3.77. The van der Waals surface area contributed by atoms with Crippen molar-refractivity contribution < 1.29 is 0 Å². The van der Waals surface area contributed by atoms with Gasteiger partial charge in [-0.1, -0.05) is 37.1 Å². The number of aryl methyl sites for hydroxylation is 2. The first-order chi connectivity index (χ1) is 9.67.